The Hall–Kier alpha value is -0.770. The number of amides is 1. The smallest absolute Gasteiger partial charge is 0.431 e. The minimum Gasteiger partial charge on any atom is -0.448 e. The molecule has 0 fully saturated rings. The van der Waals surface area contributed by atoms with E-state index in [1.807, 2.05) is 5.48 Å². The first-order valence-electron chi connectivity index (χ1n) is 2.27. The lowest BCUT2D eigenvalue weighted by Gasteiger charge is -1.99. The van der Waals surface area contributed by atoms with Crippen molar-refractivity contribution in [2.24, 2.45) is 0 Å². The molecule has 0 heterocycles. The maximum atomic E-state index is 10.2. The summed E-state index contributed by atoms with van der Waals surface area (Å²) in [5, 5.41) is 0. The molecule has 0 unspecified atom stereocenters. The molecule has 0 aromatic carbocycles. The van der Waals surface area contributed by atoms with Crippen LogP contribution in [0.1, 0.15) is 6.92 Å². The molecule has 8 heavy (non-hydrogen) atoms. The van der Waals surface area contributed by atoms with Crippen molar-refractivity contribution in [1.29, 1.82) is 0 Å². The van der Waals surface area contributed by atoms with Crippen LogP contribution >= 0.6 is 0 Å². The van der Waals surface area contributed by atoms with E-state index >= 15 is 0 Å². The zero-order valence-corrected chi connectivity index (χ0v) is 4.93. The molecule has 0 aliphatic rings. The van der Waals surface area contributed by atoms with Gasteiger partial charge < -0.3 is 4.74 Å². The third-order valence-corrected chi connectivity index (χ3v) is 0.461. The van der Waals surface area contributed by atoms with E-state index in [1.165, 1.54) is 7.11 Å². The van der Waals surface area contributed by atoms with E-state index in [0.717, 1.165) is 0 Å². The highest BCUT2D eigenvalue weighted by Gasteiger charge is 1.93. The Morgan fingerprint density at radius 1 is 1.75 bits per heavy atom. The fraction of sp³-hybridized carbons (Fsp3) is 0.750. The minimum atomic E-state index is -0.560. The lowest BCUT2D eigenvalue weighted by atomic mass is 10.9. The van der Waals surface area contributed by atoms with Crippen LogP contribution in [0.2, 0.25) is 0 Å². The Balaban J connectivity index is 3.06. The quantitative estimate of drug-likeness (QED) is 0.531. The van der Waals surface area contributed by atoms with E-state index in [-0.39, 0.29) is 0 Å². The number of hydroxylamine groups is 1. The summed E-state index contributed by atoms with van der Waals surface area (Å²) >= 11 is 0. The Kier molecular flexibility index (Phi) is 3.97. The van der Waals surface area contributed by atoms with Gasteiger partial charge in [-0.3, -0.25) is 4.84 Å². The van der Waals surface area contributed by atoms with Crippen molar-refractivity contribution in [3.05, 3.63) is 0 Å². The highest BCUT2D eigenvalue weighted by Crippen LogP contribution is 1.72. The predicted molar refractivity (Wildman–Crippen MR) is 27.2 cm³/mol. The number of hydrogen-bond acceptors (Lipinski definition) is 3. The number of ether oxygens (including phenoxy) is 1. The first kappa shape index (κ1) is 7.23. The molecule has 1 N–H and O–H groups in total. The summed E-state index contributed by atoms with van der Waals surface area (Å²) in [6, 6.07) is 0. The second kappa shape index (κ2) is 4.39. The van der Waals surface area contributed by atoms with Gasteiger partial charge in [0.1, 0.15) is 0 Å². The first-order valence-corrected chi connectivity index (χ1v) is 2.27. The summed E-state index contributed by atoms with van der Waals surface area (Å²) in [5.41, 5.74) is 1.99. The molecule has 0 aliphatic heterocycles. The van der Waals surface area contributed by atoms with Crippen molar-refractivity contribution in [2.75, 3.05) is 13.7 Å². The summed E-state index contributed by atoms with van der Waals surface area (Å²) in [7, 11) is 1.34. The van der Waals surface area contributed by atoms with Gasteiger partial charge in [0.05, 0.1) is 13.7 Å². The summed E-state index contributed by atoms with van der Waals surface area (Å²) in [5.74, 6) is 0. The van der Waals surface area contributed by atoms with E-state index in [9.17, 15) is 4.79 Å². The van der Waals surface area contributed by atoms with Crippen molar-refractivity contribution in [1.82, 2.24) is 5.48 Å². The van der Waals surface area contributed by atoms with Crippen LogP contribution in [0.25, 0.3) is 0 Å². The molecule has 4 heteroatoms. The van der Waals surface area contributed by atoms with Crippen LogP contribution in [0.4, 0.5) is 4.79 Å². The predicted octanol–water partition coefficient (Wildman–Crippen LogP) is 0.294. The Bertz CT molecular complexity index is 65.7. The molecule has 0 aromatic rings. The van der Waals surface area contributed by atoms with Gasteiger partial charge in [-0.1, -0.05) is 0 Å². The van der Waals surface area contributed by atoms with E-state index in [1.54, 1.807) is 6.92 Å². The monoisotopic (exact) mass is 119 g/mol. The average Bonchev–Trinajstić information content (AvgIpc) is 1.68. The lowest BCUT2D eigenvalue weighted by molar-refractivity contribution is 0.0612. The third kappa shape index (κ3) is 3.42. The Morgan fingerprint density at radius 3 is 2.75 bits per heavy atom. The zero-order chi connectivity index (χ0) is 6.41. The molecule has 4 nitrogen and oxygen atoms in total. The van der Waals surface area contributed by atoms with E-state index in [2.05, 4.69) is 9.57 Å². The molecule has 0 spiro atoms. The largest absolute Gasteiger partial charge is 0.448 e. The topological polar surface area (TPSA) is 47.6 Å². The lowest BCUT2D eigenvalue weighted by Crippen LogP contribution is -2.22. The molecule has 0 bridgehead atoms. The Morgan fingerprint density at radius 2 is 2.38 bits per heavy atom. The molecule has 0 aliphatic carbocycles. The van der Waals surface area contributed by atoms with Gasteiger partial charge in [-0.05, 0) is 6.92 Å². The van der Waals surface area contributed by atoms with Gasteiger partial charge in [-0.2, -0.15) is 5.48 Å². The minimum absolute atomic E-state index is 0.356. The maximum Gasteiger partial charge on any atom is 0.431 e. The van der Waals surface area contributed by atoms with Crippen LogP contribution in [0.5, 0.6) is 0 Å². The number of rotatable bonds is 2. The van der Waals surface area contributed by atoms with Crippen molar-refractivity contribution in [3.63, 3.8) is 0 Å². The van der Waals surface area contributed by atoms with Crippen molar-refractivity contribution >= 4 is 6.09 Å². The molecular weight excluding hydrogens is 110 g/mol. The Labute approximate surface area is 47.7 Å². The zero-order valence-electron chi connectivity index (χ0n) is 4.93. The number of carbonyl (C=O) groups is 1. The standard InChI is InChI=1S/C4H9NO3/c1-3-8-4(6)5-7-2/h3H2,1-2H3,(H,5,6). The second-order valence-corrected chi connectivity index (χ2v) is 1.03. The number of carbonyl (C=O) groups excluding carboxylic acids is 1. The van der Waals surface area contributed by atoms with Gasteiger partial charge in [0.15, 0.2) is 0 Å². The molecule has 0 atom stereocenters. The van der Waals surface area contributed by atoms with E-state index in [0.29, 0.717) is 6.61 Å². The van der Waals surface area contributed by atoms with Gasteiger partial charge in [-0.15, -0.1) is 0 Å². The highest BCUT2D eigenvalue weighted by atomic mass is 16.7. The van der Waals surface area contributed by atoms with Crippen molar-refractivity contribution < 1.29 is 14.4 Å². The SMILES string of the molecule is CCOC(=O)NOC. The number of hydrogen-bond donors (Lipinski definition) is 1. The fourth-order valence-corrected chi connectivity index (χ4v) is 0.244. The summed E-state index contributed by atoms with van der Waals surface area (Å²) in [4.78, 5) is 14.4. The highest BCUT2D eigenvalue weighted by molar-refractivity contribution is 5.65. The van der Waals surface area contributed by atoms with Gasteiger partial charge in [0, 0.05) is 0 Å². The van der Waals surface area contributed by atoms with Crippen LogP contribution in [0.15, 0.2) is 0 Å². The molecular formula is C4H9NO3. The van der Waals surface area contributed by atoms with Crippen LogP contribution in [0, 0.1) is 0 Å². The van der Waals surface area contributed by atoms with Crippen molar-refractivity contribution in [3.8, 4) is 0 Å². The third-order valence-electron chi connectivity index (χ3n) is 0.461. The van der Waals surface area contributed by atoms with Crippen LogP contribution in [-0.2, 0) is 9.57 Å². The van der Waals surface area contributed by atoms with E-state index in [4.69, 9.17) is 0 Å². The number of nitrogens with one attached hydrogen (secondary N) is 1. The summed E-state index contributed by atoms with van der Waals surface area (Å²) in [6.07, 6.45) is -0.560. The van der Waals surface area contributed by atoms with E-state index < -0.39 is 6.09 Å². The average molecular weight is 119 g/mol. The molecule has 0 saturated carbocycles. The molecule has 0 aromatic heterocycles. The van der Waals surface area contributed by atoms with Crippen molar-refractivity contribution in [2.45, 2.75) is 6.92 Å². The van der Waals surface area contributed by atoms with Crippen LogP contribution in [-0.4, -0.2) is 19.8 Å². The fourth-order valence-electron chi connectivity index (χ4n) is 0.244. The first-order chi connectivity index (χ1) is 3.81. The normalized spacial score (nSPS) is 8.25. The van der Waals surface area contributed by atoms with Crippen LogP contribution < -0.4 is 5.48 Å². The molecule has 48 valence electrons. The summed E-state index contributed by atoms with van der Waals surface area (Å²) < 4.78 is 4.41. The molecule has 1 amide bonds. The van der Waals surface area contributed by atoms with Gasteiger partial charge in [-0.25, -0.2) is 4.79 Å². The van der Waals surface area contributed by atoms with Crippen LogP contribution in [0.3, 0.4) is 0 Å². The molecule has 0 saturated heterocycles. The summed E-state index contributed by atoms with van der Waals surface area (Å²) in [6.45, 7) is 2.07. The van der Waals surface area contributed by atoms with Gasteiger partial charge >= 0.3 is 6.09 Å². The molecule has 0 rings (SSSR count). The molecule has 0 radical (unpaired) electrons. The van der Waals surface area contributed by atoms with Gasteiger partial charge in [0.2, 0.25) is 0 Å². The second-order valence-electron chi connectivity index (χ2n) is 1.03. The maximum absolute atomic E-state index is 10.2. The van der Waals surface area contributed by atoms with Gasteiger partial charge in [0.25, 0.3) is 0 Å².